The zero-order valence-electron chi connectivity index (χ0n) is 12.7. The summed E-state index contributed by atoms with van der Waals surface area (Å²) in [6, 6.07) is 17.7. The molecular formula is C18H21N2O2+. The molecule has 0 aliphatic heterocycles. The number of ether oxygens (including phenoxy) is 1. The van der Waals surface area contributed by atoms with Crippen LogP contribution >= 0.6 is 0 Å². The Kier molecular flexibility index (Phi) is 4.39. The molecule has 4 heteroatoms. The Bertz CT molecular complexity index is 639. The number of nitrogens with two attached hydrogens (primary N) is 1. The Labute approximate surface area is 130 Å². The molecule has 22 heavy (non-hydrogen) atoms. The van der Waals surface area contributed by atoms with Crippen molar-refractivity contribution in [3.05, 3.63) is 60.2 Å². The van der Waals surface area contributed by atoms with Crippen molar-refractivity contribution in [2.45, 2.75) is 24.9 Å². The molecule has 0 aromatic heterocycles. The van der Waals surface area contributed by atoms with Crippen LogP contribution in [0.4, 0.5) is 5.69 Å². The van der Waals surface area contributed by atoms with E-state index >= 15 is 0 Å². The average Bonchev–Trinajstić information content (AvgIpc) is 3.37. The van der Waals surface area contributed by atoms with Gasteiger partial charge in [-0.3, -0.25) is 4.79 Å². The summed E-state index contributed by atoms with van der Waals surface area (Å²) < 4.78 is 5.20. The molecule has 1 atom stereocenters. The van der Waals surface area contributed by atoms with Crippen LogP contribution in [0.25, 0.3) is 0 Å². The lowest BCUT2D eigenvalue weighted by atomic mass is 10.1. The normalized spacial score (nSPS) is 15.1. The van der Waals surface area contributed by atoms with Gasteiger partial charge in [-0.2, -0.15) is 0 Å². The Hall–Kier alpha value is -2.33. The Morgan fingerprint density at radius 1 is 1.18 bits per heavy atom. The lowest BCUT2D eigenvalue weighted by Gasteiger charge is -2.16. The van der Waals surface area contributed by atoms with Crippen molar-refractivity contribution in [3.8, 4) is 5.75 Å². The first-order chi connectivity index (χ1) is 10.8. The first kappa shape index (κ1) is 14.6. The quantitative estimate of drug-likeness (QED) is 0.858. The maximum absolute atomic E-state index is 12.7. The molecule has 0 unspecified atom stereocenters. The molecule has 1 saturated carbocycles. The predicted octanol–water partition coefficient (Wildman–Crippen LogP) is 2.10. The Balaban J connectivity index is 1.76. The van der Waals surface area contributed by atoms with E-state index in [4.69, 9.17) is 4.74 Å². The van der Waals surface area contributed by atoms with Crippen LogP contribution < -0.4 is 15.4 Å². The van der Waals surface area contributed by atoms with Crippen LogP contribution in [-0.2, 0) is 4.79 Å². The van der Waals surface area contributed by atoms with Crippen molar-refractivity contribution in [2.75, 3.05) is 12.4 Å². The van der Waals surface area contributed by atoms with Crippen molar-refractivity contribution in [1.29, 1.82) is 0 Å². The molecule has 0 radical (unpaired) electrons. The second-order valence-electron chi connectivity index (χ2n) is 5.64. The highest BCUT2D eigenvalue weighted by Crippen LogP contribution is 2.20. The van der Waals surface area contributed by atoms with Crippen molar-refractivity contribution < 1.29 is 14.8 Å². The largest absolute Gasteiger partial charge is 0.497 e. The fraction of sp³-hybridized carbons (Fsp3) is 0.278. The van der Waals surface area contributed by atoms with Gasteiger partial charge in [-0.05, 0) is 12.1 Å². The van der Waals surface area contributed by atoms with Gasteiger partial charge in [0.25, 0.3) is 5.91 Å². The van der Waals surface area contributed by atoms with Crippen LogP contribution in [-0.4, -0.2) is 19.1 Å². The van der Waals surface area contributed by atoms with E-state index in [0.717, 1.165) is 17.0 Å². The molecule has 2 aromatic carbocycles. The maximum Gasteiger partial charge on any atom is 0.287 e. The van der Waals surface area contributed by atoms with Crippen LogP contribution in [0.1, 0.15) is 24.4 Å². The number of carbonyl (C=O) groups is 1. The highest BCUT2D eigenvalue weighted by atomic mass is 16.5. The second kappa shape index (κ2) is 6.62. The minimum atomic E-state index is -0.208. The lowest BCUT2D eigenvalue weighted by Crippen LogP contribution is -2.88. The van der Waals surface area contributed by atoms with E-state index in [1.54, 1.807) is 7.11 Å². The summed E-state index contributed by atoms with van der Waals surface area (Å²) in [6.45, 7) is 0. The predicted molar refractivity (Wildman–Crippen MR) is 85.8 cm³/mol. The third-order valence-electron chi connectivity index (χ3n) is 3.87. The molecule has 4 nitrogen and oxygen atoms in total. The summed E-state index contributed by atoms with van der Waals surface area (Å²) in [4.78, 5) is 12.7. The molecule has 1 aliphatic rings. The topological polar surface area (TPSA) is 54.9 Å². The smallest absolute Gasteiger partial charge is 0.287 e. The van der Waals surface area contributed by atoms with E-state index in [9.17, 15) is 4.79 Å². The van der Waals surface area contributed by atoms with Gasteiger partial charge in [0.05, 0.1) is 13.2 Å². The number of carbonyl (C=O) groups excluding carboxylic acids is 1. The number of quaternary nitrogens is 1. The number of methoxy groups -OCH3 is 1. The highest BCUT2D eigenvalue weighted by Gasteiger charge is 2.33. The van der Waals surface area contributed by atoms with Crippen LogP contribution in [0.15, 0.2) is 54.6 Å². The summed E-state index contributed by atoms with van der Waals surface area (Å²) in [5.41, 5.74) is 1.80. The van der Waals surface area contributed by atoms with Gasteiger partial charge in [0.1, 0.15) is 5.75 Å². The van der Waals surface area contributed by atoms with Gasteiger partial charge >= 0.3 is 0 Å². The van der Waals surface area contributed by atoms with Gasteiger partial charge in [-0.15, -0.1) is 0 Å². The lowest BCUT2D eigenvalue weighted by molar-refractivity contribution is -0.695. The first-order valence-electron chi connectivity index (χ1n) is 7.61. The van der Waals surface area contributed by atoms with E-state index in [0.29, 0.717) is 6.04 Å². The number of amides is 1. The van der Waals surface area contributed by atoms with Gasteiger partial charge in [-0.1, -0.05) is 36.4 Å². The third kappa shape index (κ3) is 3.65. The highest BCUT2D eigenvalue weighted by molar-refractivity contribution is 5.94. The molecule has 1 fully saturated rings. The number of hydrogen-bond donors (Lipinski definition) is 2. The van der Waals surface area contributed by atoms with E-state index < -0.39 is 0 Å². The summed E-state index contributed by atoms with van der Waals surface area (Å²) >= 11 is 0. The van der Waals surface area contributed by atoms with Gasteiger partial charge in [0, 0.05) is 30.2 Å². The Morgan fingerprint density at radius 2 is 1.95 bits per heavy atom. The third-order valence-corrected chi connectivity index (χ3v) is 3.87. The van der Waals surface area contributed by atoms with Crippen LogP contribution in [0.2, 0.25) is 0 Å². The second-order valence-corrected chi connectivity index (χ2v) is 5.64. The minimum Gasteiger partial charge on any atom is -0.497 e. The molecule has 1 amide bonds. The van der Waals surface area contributed by atoms with Gasteiger partial charge in [-0.25, -0.2) is 0 Å². The van der Waals surface area contributed by atoms with Crippen molar-refractivity contribution in [3.63, 3.8) is 0 Å². The number of hydrogen-bond acceptors (Lipinski definition) is 2. The Morgan fingerprint density at radius 3 is 2.64 bits per heavy atom. The van der Waals surface area contributed by atoms with E-state index in [1.165, 1.54) is 12.8 Å². The molecule has 2 aromatic rings. The molecule has 0 spiro atoms. The van der Waals surface area contributed by atoms with Crippen molar-refractivity contribution >= 4 is 11.6 Å². The summed E-state index contributed by atoms with van der Waals surface area (Å²) in [7, 11) is 1.62. The van der Waals surface area contributed by atoms with Gasteiger partial charge in [0.15, 0.2) is 6.04 Å². The van der Waals surface area contributed by atoms with Crippen LogP contribution in [0.5, 0.6) is 5.75 Å². The molecule has 0 heterocycles. The molecule has 114 valence electrons. The molecule has 3 rings (SSSR count). The summed E-state index contributed by atoms with van der Waals surface area (Å²) in [5, 5.41) is 5.17. The fourth-order valence-corrected chi connectivity index (χ4v) is 2.49. The number of benzene rings is 2. The zero-order valence-corrected chi connectivity index (χ0v) is 12.7. The number of rotatable bonds is 6. The van der Waals surface area contributed by atoms with Crippen molar-refractivity contribution in [2.24, 2.45) is 0 Å². The van der Waals surface area contributed by atoms with Gasteiger partial charge < -0.3 is 15.4 Å². The minimum absolute atomic E-state index is 0.00588. The number of anilines is 1. The van der Waals surface area contributed by atoms with Crippen LogP contribution in [0, 0.1) is 0 Å². The maximum atomic E-state index is 12.7. The zero-order chi connectivity index (χ0) is 15.4. The first-order valence-corrected chi connectivity index (χ1v) is 7.61. The molecule has 0 saturated heterocycles. The van der Waals surface area contributed by atoms with Crippen LogP contribution in [0.3, 0.4) is 0 Å². The fourth-order valence-electron chi connectivity index (χ4n) is 2.49. The molecule has 1 aliphatic carbocycles. The van der Waals surface area contributed by atoms with E-state index in [2.05, 4.69) is 10.6 Å². The van der Waals surface area contributed by atoms with Crippen molar-refractivity contribution in [1.82, 2.24) is 0 Å². The molecular weight excluding hydrogens is 276 g/mol. The average molecular weight is 297 g/mol. The van der Waals surface area contributed by atoms with E-state index in [1.807, 2.05) is 54.6 Å². The molecule has 0 bridgehead atoms. The van der Waals surface area contributed by atoms with Gasteiger partial charge in [0.2, 0.25) is 0 Å². The molecule has 3 N–H and O–H groups in total. The monoisotopic (exact) mass is 297 g/mol. The SMILES string of the molecule is COc1cccc(NC(=O)[C@H]([NH2+]C2CC2)c2ccccc2)c1. The number of nitrogens with one attached hydrogen (secondary N) is 1. The standard InChI is InChI=1S/C18H20N2O2/c1-22-16-9-5-8-15(12-16)20-18(21)17(19-14-10-11-14)13-6-3-2-4-7-13/h2-9,12,14,17,19H,10-11H2,1H3,(H,20,21)/p+1/t17-/m1/s1. The van der Waals surface area contributed by atoms with E-state index in [-0.39, 0.29) is 11.9 Å². The summed E-state index contributed by atoms with van der Waals surface area (Å²) in [5.74, 6) is 0.742. The summed E-state index contributed by atoms with van der Waals surface area (Å²) in [6.07, 6.45) is 2.38.